The standard InChI is InChI=1S/C14H22BrN/c1-10(2)14(16)6-4-5-12-8-7-11(3)13(15)9-12/h7-10,14H,4-6,16H2,1-3H3. The molecule has 1 unspecified atom stereocenters. The Balaban J connectivity index is 2.40. The van der Waals surface area contributed by atoms with Crippen LogP contribution >= 0.6 is 15.9 Å². The van der Waals surface area contributed by atoms with E-state index in [1.165, 1.54) is 22.0 Å². The van der Waals surface area contributed by atoms with Crippen LogP contribution in [0.3, 0.4) is 0 Å². The number of benzene rings is 1. The Hall–Kier alpha value is -0.340. The zero-order valence-electron chi connectivity index (χ0n) is 10.5. The Bertz CT molecular complexity index is 334. The third kappa shape index (κ3) is 4.26. The highest BCUT2D eigenvalue weighted by atomic mass is 79.9. The fourth-order valence-corrected chi connectivity index (χ4v) is 2.09. The minimum atomic E-state index is 0.342. The highest BCUT2D eigenvalue weighted by Crippen LogP contribution is 2.19. The summed E-state index contributed by atoms with van der Waals surface area (Å²) in [4.78, 5) is 0. The van der Waals surface area contributed by atoms with Gasteiger partial charge in [0.25, 0.3) is 0 Å². The second-order valence-electron chi connectivity index (χ2n) is 4.88. The zero-order valence-corrected chi connectivity index (χ0v) is 12.0. The van der Waals surface area contributed by atoms with E-state index in [9.17, 15) is 0 Å². The van der Waals surface area contributed by atoms with Gasteiger partial charge in [-0.2, -0.15) is 0 Å². The number of halogens is 1. The molecule has 0 aliphatic rings. The van der Waals surface area contributed by atoms with Crippen LogP contribution in [-0.4, -0.2) is 6.04 Å². The number of nitrogens with two attached hydrogens (primary N) is 1. The summed E-state index contributed by atoms with van der Waals surface area (Å²) in [6, 6.07) is 6.94. The van der Waals surface area contributed by atoms with Gasteiger partial charge >= 0.3 is 0 Å². The predicted molar refractivity (Wildman–Crippen MR) is 74.6 cm³/mol. The molecular formula is C14H22BrN. The summed E-state index contributed by atoms with van der Waals surface area (Å²) in [6.45, 7) is 6.49. The van der Waals surface area contributed by atoms with Gasteiger partial charge in [0, 0.05) is 10.5 Å². The number of hydrogen-bond donors (Lipinski definition) is 1. The molecule has 0 aromatic heterocycles. The molecule has 0 spiro atoms. The van der Waals surface area contributed by atoms with Crippen LogP contribution in [0.1, 0.15) is 37.8 Å². The van der Waals surface area contributed by atoms with Crippen molar-refractivity contribution in [2.75, 3.05) is 0 Å². The Morgan fingerprint density at radius 3 is 2.56 bits per heavy atom. The molecule has 1 aromatic rings. The fourth-order valence-electron chi connectivity index (χ4n) is 1.67. The average molecular weight is 284 g/mol. The highest BCUT2D eigenvalue weighted by Gasteiger charge is 2.07. The molecule has 0 fully saturated rings. The van der Waals surface area contributed by atoms with Crippen LogP contribution in [0.2, 0.25) is 0 Å². The lowest BCUT2D eigenvalue weighted by molar-refractivity contribution is 0.452. The van der Waals surface area contributed by atoms with Crippen molar-refractivity contribution in [3.05, 3.63) is 33.8 Å². The Morgan fingerprint density at radius 1 is 1.31 bits per heavy atom. The Labute approximate surface area is 108 Å². The molecule has 0 saturated heterocycles. The molecule has 16 heavy (non-hydrogen) atoms. The summed E-state index contributed by atoms with van der Waals surface area (Å²) in [5, 5.41) is 0. The molecule has 1 rings (SSSR count). The van der Waals surface area contributed by atoms with Gasteiger partial charge < -0.3 is 5.73 Å². The van der Waals surface area contributed by atoms with Crippen LogP contribution in [0.5, 0.6) is 0 Å². The second-order valence-corrected chi connectivity index (χ2v) is 5.74. The summed E-state index contributed by atoms with van der Waals surface area (Å²) in [7, 11) is 0. The summed E-state index contributed by atoms with van der Waals surface area (Å²) in [5.41, 5.74) is 8.72. The van der Waals surface area contributed by atoms with Crippen molar-refractivity contribution >= 4 is 15.9 Å². The van der Waals surface area contributed by atoms with E-state index in [0.717, 1.165) is 12.8 Å². The van der Waals surface area contributed by atoms with Crippen molar-refractivity contribution in [2.45, 2.75) is 46.1 Å². The summed E-state index contributed by atoms with van der Waals surface area (Å²) in [5.74, 6) is 0.588. The van der Waals surface area contributed by atoms with Gasteiger partial charge in [-0.05, 0) is 49.3 Å². The van der Waals surface area contributed by atoms with Gasteiger partial charge in [0.05, 0.1) is 0 Å². The monoisotopic (exact) mass is 283 g/mol. The maximum atomic E-state index is 6.03. The molecule has 0 aliphatic heterocycles. The van der Waals surface area contributed by atoms with Crippen LogP contribution in [0.25, 0.3) is 0 Å². The van der Waals surface area contributed by atoms with E-state index in [1.807, 2.05) is 0 Å². The molecule has 1 nitrogen and oxygen atoms in total. The first kappa shape index (κ1) is 13.7. The summed E-state index contributed by atoms with van der Waals surface area (Å²) < 4.78 is 1.21. The van der Waals surface area contributed by atoms with Crippen LogP contribution in [-0.2, 0) is 6.42 Å². The van der Waals surface area contributed by atoms with Gasteiger partial charge in [0.1, 0.15) is 0 Å². The van der Waals surface area contributed by atoms with Crippen molar-refractivity contribution in [1.29, 1.82) is 0 Å². The van der Waals surface area contributed by atoms with Gasteiger partial charge in [-0.1, -0.05) is 41.9 Å². The minimum absolute atomic E-state index is 0.342. The summed E-state index contributed by atoms with van der Waals surface area (Å²) in [6.07, 6.45) is 3.41. The normalized spacial score (nSPS) is 13.1. The van der Waals surface area contributed by atoms with Crippen molar-refractivity contribution < 1.29 is 0 Å². The second kappa shape index (κ2) is 6.41. The van der Waals surface area contributed by atoms with Gasteiger partial charge in [0.15, 0.2) is 0 Å². The molecule has 1 atom stereocenters. The van der Waals surface area contributed by atoms with Crippen LogP contribution in [0, 0.1) is 12.8 Å². The van der Waals surface area contributed by atoms with E-state index in [1.54, 1.807) is 0 Å². The largest absolute Gasteiger partial charge is 0.327 e. The molecular weight excluding hydrogens is 262 g/mol. The summed E-state index contributed by atoms with van der Waals surface area (Å²) >= 11 is 3.57. The van der Waals surface area contributed by atoms with E-state index in [0.29, 0.717) is 12.0 Å². The lowest BCUT2D eigenvalue weighted by atomic mass is 9.97. The van der Waals surface area contributed by atoms with E-state index < -0.39 is 0 Å². The SMILES string of the molecule is Cc1ccc(CCCC(N)C(C)C)cc1Br. The number of rotatable bonds is 5. The molecule has 0 saturated carbocycles. The lowest BCUT2D eigenvalue weighted by Gasteiger charge is -2.15. The quantitative estimate of drug-likeness (QED) is 0.866. The Morgan fingerprint density at radius 2 is 2.00 bits per heavy atom. The first-order chi connectivity index (χ1) is 7.50. The molecule has 90 valence electrons. The fraction of sp³-hybridized carbons (Fsp3) is 0.571. The first-order valence-corrected chi connectivity index (χ1v) is 6.80. The Kier molecular flexibility index (Phi) is 5.50. The van der Waals surface area contributed by atoms with E-state index in [4.69, 9.17) is 5.73 Å². The first-order valence-electron chi connectivity index (χ1n) is 6.01. The van der Waals surface area contributed by atoms with E-state index >= 15 is 0 Å². The molecule has 2 N–H and O–H groups in total. The van der Waals surface area contributed by atoms with Crippen LogP contribution in [0.4, 0.5) is 0 Å². The molecule has 1 aromatic carbocycles. The highest BCUT2D eigenvalue weighted by molar-refractivity contribution is 9.10. The van der Waals surface area contributed by atoms with E-state index in [2.05, 4.69) is 54.9 Å². The molecule has 2 heteroatoms. The number of hydrogen-bond acceptors (Lipinski definition) is 1. The molecule has 0 radical (unpaired) electrons. The van der Waals surface area contributed by atoms with E-state index in [-0.39, 0.29) is 0 Å². The van der Waals surface area contributed by atoms with Gasteiger partial charge in [-0.25, -0.2) is 0 Å². The van der Waals surface area contributed by atoms with Crippen LogP contribution in [0.15, 0.2) is 22.7 Å². The molecule has 0 amide bonds. The predicted octanol–water partition coefficient (Wildman–Crippen LogP) is 4.06. The molecule has 0 aliphatic carbocycles. The third-order valence-corrected chi connectivity index (χ3v) is 3.95. The minimum Gasteiger partial charge on any atom is -0.327 e. The van der Waals surface area contributed by atoms with Gasteiger partial charge in [-0.15, -0.1) is 0 Å². The van der Waals surface area contributed by atoms with Crippen molar-refractivity contribution in [1.82, 2.24) is 0 Å². The van der Waals surface area contributed by atoms with Gasteiger partial charge in [0.2, 0.25) is 0 Å². The smallest absolute Gasteiger partial charge is 0.0207 e. The lowest BCUT2D eigenvalue weighted by Crippen LogP contribution is -2.26. The maximum Gasteiger partial charge on any atom is 0.0207 e. The zero-order chi connectivity index (χ0) is 12.1. The third-order valence-electron chi connectivity index (χ3n) is 3.10. The maximum absolute atomic E-state index is 6.03. The molecule has 0 heterocycles. The molecule has 0 bridgehead atoms. The van der Waals surface area contributed by atoms with Crippen molar-refractivity contribution in [3.63, 3.8) is 0 Å². The average Bonchev–Trinajstić information content (AvgIpc) is 2.23. The van der Waals surface area contributed by atoms with Crippen LogP contribution < -0.4 is 5.73 Å². The van der Waals surface area contributed by atoms with Crippen molar-refractivity contribution in [2.24, 2.45) is 11.7 Å². The number of aryl methyl sites for hydroxylation is 2. The topological polar surface area (TPSA) is 26.0 Å². The van der Waals surface area contributed by atoms with Gasteiger partial charge in [-0.3, -0.25) is 0 Å². The van der Waals surface area contributed by atoms with Crippen molar-refractivity contribution in [3.8, 4) is 0 Å².